The van der Waals surface area contributed by atoms with E-state index in [-0.39, 0.29) is 0 Å². The molecule has 0 saturated heterocycles. The second-order valence-electron chi connectivity index (χ2n) is 2.61. The van der Waals surface area contributed by atoms with Crippen LogP contribution in [0.2, 0.25) is 0 Å². The van der Waals surface area contributed by atoms with Crippen LogP contribution in [-0.4, -0.2) is 24.6 Å². The minimum Gasteiger partial charge on any atom is -0.317 e. The van der Waals surface area contributed by atoms with Gasteiger partial charge in [0.2, 0.25) is 0 Å². The van der Waals surface area contributed by atoms with Crippen molar-refractivity contribution in [2.24, 2.45) is 0 Å². The summed E-state index contributed by atoms with van der Waals surface area (Å²) in [6.07, 6.45) is 8.41. The third kappa shape index (κ3) is 9.87. The van der Waals surface area contributed by atoms with E-state index in [2.05, 4.69) is 18.2 Å². The lowest BCUT2D eigenvalue weighted by Crippen LogP contribution is -2.17. The smallest absolute Gasteiger partial charge is 0.00981 e. The average molecular weight is 185 g/mol. The van der Waals surface area contributed by atoms with Crippen LogP contribution in [0.3, 0.4) is 0 Å². The zero-order valence-electron chi connectivity index (χ0n) is 7.94. The molecule has 1 N–H and O–H groups in total. The molecule has 70 valence electrons. The number of terminal acetylenes is 1. The van der Waals surface area contributed by atoms with Crippen molar-refractivity contribution >= 4 is 11.8 Å². The summed E-state index contributed by atoms with van der Waals surface area (Å²) in [4.78, 5) is 0. The van der Waals surface area contributed by atoms with Crippen molar-refractivity contribution in [1.82, 2.24) is 5.32 Å². The lowest BCUT2D eigenvalue weighted by molar-refractivity contribution is 0.650. The standard InChI is InChI=1S/C10H19NS/c1-3-5-6-8-11-9-7-10-12-4-2/h1,11H,4-10H2,2H3. The maximum absolute atomic E-state index is 5.13. The molecule has 12 heavy (non-hydrogen) atoms. The topological polar surface area (TPSA) is 12.0 Å². The van der Waals surface area contributed by atoms with Crippen molar-refractivity contribution in [3.63, 3.8) is 0 Å². The van der Waals surface area contributed by atoms with Gasteiger partial charge < -0.3 is 5.32 Å². The van der Waals surface area contributed by atoms with Crippen molar-refractivity contribution in [2.75, 3.05) is 24.6 Å². The lowest BCUT2D eigenvalue weighted by atomic mass is 10.3. The zero-order valence-corrected chi connectivity index (χ0v) is 8.75. The number of hydrogen-bond acceptors (Lipinski definition) is 2. The van der Waals surface area contributed by atoms with Crippen LogP contribution in [0.1, 0.15) is 26.2 Å². The van der Waals surface area contributed by atoms with E-state index in [4.69, 9.17) is 6.42 Å². The minimum atomic E-state index is 0.900. The third-order valence-electron chi connectivity index (χ3n) is 1.52. The van der Waals surface area contributed by atoms with Crippen LogP contribution in [0.25, 0.3) is 0 Å². The molecule has 0 unspecified atom stereocenters. The molecule has 0 bridgehead atoms. The molecule has 0 atom stereocenters. The molecule has 1 nitrogen and oxygen atoms in total. The lowest BCUT2D eigenvalue weighted by Gasteiger charge is -2.01. The average Bonchev–Trinajstić information content (AvgIpc) is 2.10. The predicted molar refractivity (Wildman–Crippen MR) is 58.6 cm³/mol. The Morgan fingerprint density at radius 2 is 2.08 bits per heavy atom. The maximum atomic E-state index is 5.13. The van der Waals surface area contributed by atoms with Gasteiger partial charge in [0.05, 0.1) is 0 Å². The van der Waals surface area contributed by atoms with Gasteiger partial charge in [-0.2, -0.15) is 11.8 Å². The first-order chi connectivity index (χ1) is 5.91. The van der Waals surface area contributed by atoms with Gasteiger partial charge in [0.1, 0.15) is 0 Å². The quantitative estimate of drug-likeness (QED) is 0.459. The van der Waals surface area contributed by atoms with E-state index >= 15 is 0 Å². The molecule has 0 aromatic heterocycles. The molecule has 0 rings (SSSR count). The summed E-state index contributed by atoms with van der Waals surface area (Å²) in [5.74, 6) is 5.14. The molecule has 0 saturated carbocycles. The Morgan fingerprint density at radius 1 is 1.33 bits per heavy atom. The first-order valence-corrected chi connectivity index (χ1v) is 5.79. The normalized spacial score (nSPS) is 9.67. The second-order valence-corrected chi connectivity index (χ2v) is 4.00. The molecule has 0 spiro atoms. The van der Waals surface area contributed by atoms with E-state index in [0.717, 1.165) is 25.9 Å². The van der Waals surface area contributed by atoms with Crippen LogP contribution in [0.4, 0.5) is 0 Å². The van der Waals surface area contributed by atoms with E-state index < -0.39 is 0 Å². The second kappa shape index (κ2) is 10.9. The van der Waals surface area contributed by atoms with Gasteiger partial charge in [-0.25, -0.2) is 0 Å². The molecule has 0 heterocycles. The van der Waals surface area contributed by atoms with Gasteiger partial charge in [-0.15, -0.1) is 12.3 Å². The predicted octanol–water partition coefficient (Wildman–Crippen LogP) is 2.13. The van der Waals surface area contributed by atoms with Crippen molar-refractivity contribution in [1.29, 1.82) is 0 Å². The highest BCUT2D eigenvalue weighted by molar-refractivity contribution is 7.99. The number of thioether (sulfide) groups is 1. The summed E-state index contributed by atoms with van der Waals surface area (Å²) in [6.45, 7) is 4.41. The van der Waals surface area contributed by atoms with Crippen LogP contribution in [-0.2, 0) is 0 Å². The minimum absolute atomic E-state index is 0.900. The Kier molecular flexibility index (Phi) is 10.8. The molecule has 0 aliphatic carbocycles. The molecule has 0 aromatic rings. The molecular weight excluding hydrogens is 166 g/mol. The van der Waals surface area contributed by atoms with Crippen molar-refractivity contribution < 1.29 is 0 Å². The highest BCUT2D eigenvalue weighted by Gasteiger charge is 1.87. The number of hydrogen-bond donors (Lipinski definition) is 1. The van der Waals surface area contributed by atoms with Crippen LogP contribution in [0.15, 0.2) is 0 Å². The SMILES string of the molecule is C#CCCCNCCCSCC. The molecule has 2 heteroatoms. The van der Waals surface area contributed by atoms with E-state index in [9.17, 15) is 0 Å². The maximum Gasteiger partial charge on any atom is 0.00981 e. The Morgan fingerprint density at radius 3 is 2.75 bits per heavy atom. The Hall–Kier alpha value is -0.130. The van der Waals surface area contributed by atoms with Crippen molar-refractivity contribution in [3.8, 4) is 12.3 Å². The van der Waals surface area contributed by atoms with E-state index in [1.807, 2.05) is 11.8 Å². The summed E-state index contributed by atoms with van der Waals surface area (Å²) in [7, 11) is 0. The largest absolute Gasteiger partial charge is 0.317 e. The molecule has 0 radical (unpaired) electrons. The number of unbranched alkanes of at least 4 members (excludes halogenated alkanes) is 1. The monoisotopic (exact) mass is 185 g/mol. The first kappa shape index (κ1) is 11.9. The van der Waals surface area contributed by atoms with Crippen LogP contribution in [0.5, 0.6) is 0 Å². The molecular formula is C10H19NS. The first-order valence-electron chi connectivity index (χ1n) is 4.63. The summed E-state index contributed by atoms with van der Waals surface area (Å²) in [5, 5.41) is 3.37. The molecule has 0 fully saturated rings. The van der Waals surface area contributed by atoms with Gasteiger partial charge in [-0.3, -0.25) is 0 Å². The summed E-state index contributed by atoms with van der Waals surface area (Å²) >= 11 is 2.00. The van der Waals surface area contributed by atoms with Crippen LogP contribution >= 0.6 is 11.8 Å². The van der Waals surface area contributed by atoms with Gasteiger partial charge in [-0.05, 0) is 37.4 Å². The van der Waals surface area contributed by atoms with E-state index in [0.29, 0.717) is 0 Å². The van der Waals surface area contributed by atoms with Gasteiger partial charge in [0.15, 0.2) is 0 Å². The summed E-state index contributed by atoms with van der Waals surface area (Å²) < 4.78 is 0. The van der Waals surface area contributed by atoms with E-state index in [1.165, 1.54) is 17.9 Å². The highest BCUT2D eigenvalue weighted by atomic mass is 32.2. The Balaban J connectivity index is 2.78. The molecule has 0 amide bonds. The number of nitrogens with one attached hydrogen (secondary N) is 1. The van der Waals surface area contributed by atoms with Gasteiger partial charge >= 0.3 is 0 Å². The Bertz CT molecular complexity index is 117. The van der Waals surface area contributed by atoms with Crippen LogP contribution in [0, 0.1) is 12.3 Å². The summed E-state index contributed by atoms with van der Waals surface area (Å²) in [6, 6.07) is 0. The van der Waals surface area contributed by atoms with Crippen molar-refractivity contribution in [2.45, 2.75) is 26.2 Å². The van der Waals surface area contributed by atoms with Crippen LogP contribution < -0.4 is 5.32 Å². The molecule has 0 aliphatic heterocycles. The van der Waals surface area contributed by atoms with Gasteiger partial charge in [-0.1, -0.05) is 6.92 Å². The fraction of sp³-hybridized carbons (Fsp3) is 0.800. The fourth-order valence-electron chi connectivity index (χ4n) is 0.884. The fourth-order valence-corrected chi connectivity index (χ4v) is 1.52. The van der Waals surface area contributed by atoms with Crippen molar-refractivity contribution in [3.05, 3.63) is 0 Å². The third-order valence-corrected chi connectivity index (χ3v) is 2.51. The van der Waals surface area contributed by atoms with Gasteiger partial charge in [0.25, 0.3) is 0 Å². The Labute approximate surface area is 80.7 Å². The molecule has 0 aromatic carbocycles. The number of rotatable bonds is 8. The zero-order chi connectivity index (χ0) is 9.07. The molecule has 0 aliphatic rings. The van der Waals surface area contributed by atoms with E-state index in [1.54, 1.807) is 0 Å². The van der Waals surface area contributed by atoms with Gasteiger partial charge in [0, 0.05) is 6.42 Å². The highest BCUT2D eigenvalue weighted by Crippen LogP contribution is 1.99. The summed E-state index contributed by atoms with van der Waals surface area (Å²) in [5.41, 5.74) is 0.